The summed E-state index contributed by atoms with van der Waals surface area (Å²) >= 11 is 0. The molecule has 0 amide bonds. The lowest BCUT2D eigenvalue weighted by Crippen LogP contribution is -2.08. The van der Waals surface area contributed by atoms with Crippen LogP contribution in [-0.2, 0) is 6.61 Å². The van der Waals surface area contributed by atoms with Crippen molar-refractivity contribution in [2.75, 3.05) is 0 Å². The topological polar surface area (TPSA) is 35.5 Å². The van der Waals surface area contributed by atoms with E-state index >= 15 is 0 Å². The van der Waals surface area contributed by atoms with Crippen LogP contribution in [0.15, 0.2) is 72.8 Å². The average molecular weight is 362 g/mol. The van der Waals surface area contributed by atoms with E-state index in [1.807, 2.05) is 76.2 Å². The van der Waals surface area contributed by atoms with Gasteiger partial charge in [0.1, 0.15) is 18.1 Å². The Balaban J connectivity index is 0.00000126. The molecule has 0 saturated carbocycles. The molecule has 3 nitrogen and oxygen atoms in total. The molecule has 0 bridgehead atoms. The van der Waals surface area contributed by atoms with Gasteiger partial charge in [-0.05, 0) is 55.8 Å². The van der Waals surface area contributed by atoms with E-state index in [-0.39, 0.29) is 5.97 Å². The van der Waals surface area contributed by atoms with Crippen molar-refractivity contribution >= 4 is 5.97 Å². The van der Waals surface area contributed by atoms with Gasteiger partial charge < -0.3 is 9.47 Å². The molecule has 27 heavy (non-hydrogen) atoms. The van der Waals surface area contributed by atoms with Crippen LogP contribution in [0.1, 0.15) is 40.9 Å². The quantitative estimate of drug-likeness (QED) is 0.405. The maximum Gasteiger partial charge on any atom is 0.343 e. The predicted molar refractivity (Wildman–Crippen MR) is 109 cm³/mol. The van der Waals surface area contributed by atoms with E-state index in [9.17, 15) is 4.79 Å². The van der Waals surface area contributed by atoms with E-state index in [0.717, 1.165) is 16.9 Å². The Hall–Kier alpha value is -3.07. The van der Waals surface area contributed by atoms with Crippen molar-refractivity contribution in [1.29, 1.82) is 0 Å². The summed E-state index contributed by atoms with van der Waals surface area (Å²) in [5, 5.41) is 0. The molecule has 0 saturated heterocycles. The van der Waals surface area contributed by atoms with Gasteiger partial charge in [-0.15, -0.1) is 0 Å². The number of carbonyl (C=O) groups excluding carboxylic acids is 1. The Morgan fingerprint density at radius 1 is 0.704 bits per heavy atom. The summed E-state index contributed by atoms with van der Waals surface area (Å²) in [6.45, 7) is 8.49. The van der Waals surface area contributed by atoms with Crippen molar-refractivity contribution in [1.82, 2.24) is 0 Å². The van der Waals surface area contributed by atoms with Crippen LogP contribution in [0.3, 0.4) is 0 Å². The summed E-state index contributed by atoms with van der Waals surface area (Å²) < 4.78 is 11.1. The van der Waals surface area contributed by atoms with E-state index < -0.39 is 0 Å². The lowest BCUT2D eigenvalue weighted by molar-refractivity contribution is 0.0734. The van der Waals surface area contributed by atoms with E-state index in [0.29, 0.717) is 17.9 Å². The van der Waals surface area contributed by atoms with E-state index in [4.69, 9.17) is 9.47 Å². The lowest BCUT2D eigenvalue weighted by atomic mass is 10.1. The van der Waals surface area contributed by atoms with Crippen molar-refractivity contribution in [3.8, 4) is 11.5 Å². The molecule has 0 spiro atoms. The van der Waals surface area contributed by atoms with Crippen LogP contribution in [0.5, 0.6) is 11.5 Å². The summed E-state index contributed by atoms with van der Waals surface area (Å²) in [6, 6.07) is 22.6. The molecule has 3 aromatic rings. The predicted octanol–water partition coefficient (Wildman–Crippen LogP) is 6.13. The number of benzene rings is 3. The number of carbonyl (C=O) groups is 1. The van der Waals surface area contributed by atoms with Crippen LogP contribution in [0, 0.1) is 13.8 Å². The minimum atomic E-state index is -0.358. The molecule has 0 heterocycles. The zero-order valence-electron chi connectivity index (χ0n) is 16.4. The minimum absolute atomic E-state index is 0.358. The van der Waals surface area contributed by atoms with Gasteiger partial charge in [-0.3, -0.25) is 0 Å². The van der Waals surface area contributed by atoms with E-state index in [2.05, 4.69) is 0 Å². The first kappa shape index (κ1) is 20.2. The minimum Gasteiger partial charge on any atom is -0.489 e. The van der Waals surface area contributed by atoms with Gasteiger partial charge in [0.2, 0.25) is 0 Å². The van der Waals surface area contributed by atoms with Gasteiger partial charge in [0.15, 0.2) is 0 Å². The molecule has 0 atom stereocenters. The van der Waals surface area contributed by atoms with Crippen LogP contribution >= 0.6 is 0 Å². The second kappa shape index (κ2) is 10.2. The van der Waals surface area contributed by atoms with Gasteiger partial charge in [-0.25, -0.2) is 4.79 Å². The zero-order chi connectivity index (χ0) is 19.6. The molecule has 3 heteroatoms. The van der Waals surface area contributed by atoms with Crippen LogP contribution in [0.4, 0.5) is 0 Å². The second-order valence-electron chi connectivity index (χ2n) is 6.00. The average Bonchev–Trinajstić information content (AvgIpc) is 2.70. The van der Waals surface area contributed by atoms with Crippen molar-refractivity contribution in [2.24, 2.45) is 0 Å². The molecule has 3 aromatic carbocycles. The first-order valence-corrected chi connectivity index (χ1v) is 9.17. The summed E-state index contributed by atoms with van der Waals surface area (Å²) in [5.74, 6) is 0.994. The number of rotatable bonds is 5. The standard InChI is InChI=1S/C22H20O3.C2H6/c1-16-3-9-19(10-4-16)22(23)25-21-13-7-18(8-14-21)15-24-20-11-5-17(2)6-12-20;1-2/h3-14H,15H2,1-2H3;1-2H3. The monoisotopic (exact) mass is 362 g/mol. The van der Waals surface area contributed by atoms with Crippen LogP contribution in [-0.4, -0.2) is 5.97 Å². The second-order valence-corrected chi connectivity index (χ2v) is 6.00. The highest BCUT2D eigenvalue weighted by Crippen LogP contribution is 2.17. The molecule has 0 aliphatic rings. The number of aryl methyl sites for hydroxylation is 2. The summed E-state index contributed by atoms with van der Waals surface area (Å²) in [6.07, 6.45) is 0. The van der Waals surface area contributed by atoms with Crippen LogP contribution in [0.2, 0.25) is 0 Å². The SMILES string of the molecule is CC.Cc1ccc(OCc2ccc(OC(=O)c3ccc(C)cc3)cc2)cc1. The molecule has 3 rings (SSSR count). The summed E-state index contributed by atoms with van der Waals surface area (Å²) in [5.41, 5.74) is 3.86. The smallest absolute Gasteiger partial charge is 0.343 e. The fraction of sp³-hybridized carbons (Fsp3) is 0.208. The zero-order valence-corrected chi connectivity index (χ0v) is 16.4. The normalized spacial score (nSPS) is 9.78. The highest BCUT2D eigenvalue weighted by Gasteiger charge is 2.08. The Bertz CT molecular complexity index is 832. The van der Waals surface area contributed by atoms with Crippen molar-refractivity contribution in [3.63, 3.8) is 0 Å². The Morgan fingerprint density at radius 3 is 1.74 bits per heavy atom. The molecule has 0 N–H and O–H groups in total. The van der Waals surface area contributed by atoms with E-state index in [1.54, 1.807) is 24.3 Å². The van der Waals surface area contributed by atoms with Crippen LogP contribution in [0.25, 0.3) is 0 Å². The highest BCUT2D eigenvalue weighted by atomic mass is 16.5. The maximum atomic E-state index is 12.1. The molecule has 140 valence electrons. The number of hydrogen-bond acceptors (Lipinski definition) is 3. The largest absolute Gasteiger partial charge is 0.489 e. The Morgan fingerprint density at radius 2 is 1.19 bits per heavy atom. The van der Waals surface area contributed by atoms with Crippen molar-refractivity contribution < 1.29 is 14.3 Å². The van der Waals surface area contributed by atoms with Gasteiger partial charge in [0.05, 0.1) is 5.56 Å². The molecule has 0 aliphatic carbocycles. The summed E-state index contributed by atoms with van der Waals surface area (Å²) in [7, 11) is 0. The number of esters is 1. The molecule has 0 aromatic heterocycles. The Kier molecular flexibility index (Phi) is 7.63. The fourth-order valence-electron chi connectivity index (χ4n) is 2.31. The van der Waals surface area contributed by atoms with Crippen molar-refractivity contribution in [3.05, 3.63) is 95.1 Å². The number of hydrogen-bond donors (Lipinski definition) is 0. The molecule has 0 unspecified atom stereocenters. The molecular weight excluding hydrogens is 336 g/mol. The first-order valence-electron chi connectivity index (χ1n) is 9.17. The van der Waals surface area contributed by atoms with Gasteiger partial charge >= 0.3 is 5.97 Å². The van der Waals surface area contributed by atoms with Crippen molar-refractivity contribution in [2.45, 2.75) is 34.3 Å². The Labute approximate surface area is 161 Å². The third-order valence-electron chi connectivity index (χ3n) is 3.85. The highest BCUT2D eigenvalue weighted by molar-refractivity contribution is 5.91. The van der Waals surface area contributed by atoms with E-state index in [1.165, 1.54) is 5.56 Å². The van der Waals surface area contributed by atoms with Crippen LogP contribution < -0.4 is 9.47 Å². The van der Waals surface area contributed by atoms with Gasteiger partial charge in [0.25, 0.3) is 0 Å². The third-order valence-corrected chi connectivity index (χ3v) is 3.85. The molecule has 0 aliphatic heterocycles. The summed E-state index contributed by atoms with van der Waals surface area (Å²) in [4.78, 5) is 12.1. The fourth-order valence-corrected chi connectivity index (χ4v) is 2.31. The molecule has 0 fully saturated rings. The van der Waals surface area contributed by atoms with Gasteiger partial charge in [0, 0.05) is 0 Å². The lowest BCUT2D eigenvalue weighted by Gasteiger charge is -2.08. The van der Waals surface area contributed by atoms with Gasteiger partial charge in [-0.2, -0.15) is 0 Å². The first-order chi connectivity index (χ1) is 13.1. The third kappa shape index (κ3) is 6.30. The molecular formula is C24H26O3. The maximum absolute atomic E-state index is 12.1. The molecule has 0 radical (unpaired) electrons. The van der Waals surface area contributed by atoms with Gasteiger partial charge in [-0.1, -0.05) is 61.4 Å². The number of ether oxygens (including phenoxy) is 2.